The molecule has 0 bridgehead atoms. The predicted molar refractivity (Wildman–Crippen MR) is 0 cm³/mol. The van der Waals surface area contributed by atoms with Crippen LogP contribution in [0.3, 0.4) is 0 Å². The molecule has 4 heteroatoms. The Kier molecular flexibility index (Phi) is 132. The summed E-state index contributed by atoms with van der Waals surface area (Å²) in [7, 11) is 0. The molecule has 4 heavy (non-hydrogen) atoms. The molecule has 1 radical (unpaired) electrons. The molecule has 0 heterocycles. The van der Waals surface area contributed by atoms with E-state index in [-0.39, 0.29) is 82.1 Å². The van der Waals surface area contributed by atoms with Gasteiger partial charge in [0.05, 0.1) is 0 Å². The van der Waals surface area contributed by atoms with Gasteiger partial charge >= 0.3 is 0 Å². The smallest absolute Gasteiger partial charge is 0 e. The van der Waals surface area contributed by atoms with E-state index in [9.17, 15) is 0 Å². The number of rotatable bonds is 0. The maximum Gasteiger partial charge on any atom is 0 e. The van der Waals surface area contributed by atoms with Gasteiger partial charge in [-0.3, -0.25) is 0 Å². The fourth-order valence-electron chi connectivity index (χ4n) is 0. The van der Waals surface area contributed by atoms with E-state index in [1.165, 1.54) is 0 Å². The summed E-state index contributed by atoms with van der Waals surface area (Å²) >= 11 is 0. The molecule has 0 aliphatic rings. The van der Waals surface area contributed by atoms with Gasteiger partial charge in [-0.1, -0.05) is 0 Å². The second-order valence-corrected chi connectivity index (χ2v) is 0. The second-order valence-electron chi connectivity index (χ2n) is 0. The van der Waals surface area contributed by atoms with Crippen molar-refractivity contribution in [2.45, 2.75) is 0 Å². The van der Waals surface area contributed by atoms with Gasteiger partial charge in [-0.15, -0.1) is 0 Å². The monoisotopic (exact) mass is 249 g/mol. The van der Waals surface area contributed by atoms with Crippen molar-refractivity contribution in [3.05, 3.63) is 0 Å². The number of hydrogen-bond donors (Lipinski definition) is 0. The van der Waals surface area contributed by atoms with Gasteiger partial charge < -0.3 is 0 Å². The van der Waals surface area contributed by atoms with Gasteiger partial charge in [-0.05, 0) is 0 Å². The zero-order valence-corrected chi connectivity index (χ0v) is 8.08. The van der Waals surface area contributed by atoms with Crippen LogP contribution in [0.5, 0.6) is 0 Å². The average molecular weight is 250 g/mol. The van der Waals surface area contributed by atoms with Crippen LogP contribution in [0.2, 0.25) is 0 Å². The molecule has 0 aliphatic carbocycles. The quantitative estimate of drug-likeness (QED) is 0.530. The SMILES string of the molecule is [Co].[Cr].[Ti].[Zr]. The van der Waals surface area contributed by atoms with Crippen molar-refractivity contribution >= 4 is 0 Å². The first-order valence-electron chi connectivity index (χ1n) is 0. The van der Waals surface area contributed by atoms with Crippen molar-refractivity contribution in [2.24, 2.45) is 0 Å². The summed E-state index contributed by atoms with van der Waals surface area (Å²) in [5, 5.41) is 0. The Hall–Kier alpha value is 2.64. The standard InChI is InChI=1S/Co.Cr.Ti.Zr. The maximum absolute atomic E-state index is 0. The molecule has 0 fully saturated rings. The van der Waals surface area contributed by atoms with Crippen LogP contribution in [0, 0.1) is 0 Å². The first-order chi connectivity index (χ1) is 0. The first kappa shape index (κ1) is 30.3. The Labute approximate surface area is 80.8 Å². The van der Waals surface area contributed by atoms with Gasteiger partial charge in [0.1, 0.15) is 0 Å². The molecule has 0 atom stereocenters. The van der Waals surface area contributed by atoms with Gasteiger partial charge in [0.15, 0.2) is 0 Å². The molecular formula is CoCrTiZr. The van der Waals surface area contributed by atoms with Crippen molar-refractivity contribution in [3.8, 4) is 0 Å². The first-order valence-corrected chi connectivity index (χ1v) is 0. The average Bonchev–Trinajstić information content (AvgIpc) is 0. The molecule has 0 N–H and O–H groups in total. The topological polar surface area (TPSA) is 0 Å². The fourth-order valence-corrected chi connectivity index (χ4v) is 0. The minimum atomic E-state index is 0. The summed E-state index contributed by atoms with van der Waals surface area (Å²) in [5.41, 5.74) is 0. The van der Waals surface area contributed by atoms with Crippen LogP contribution in [-0.4, -0.2) is 0 Å². The van der Waals surface area contributed by atoms with E-state index in [1.807, 2.05) is 0 Å². The van der Waals surface area contributed by atoms with Crippen LogP contribution in [0.15, 0.2) is 0 Å². The molecule has 0 aromatic heterocycles. The molecule has 0 spiro atoms. The van der Waals surface area contributed by atoms with Gasteiger partial charge in [0, 0.05) is 82.1 Å². The van der Waals surface area contributed by atoms with Crippen molar-refractivity contribution < 1.29 is 82.1 Å². The van der Waals surface area contributed by atoms with Crippen molar-refractivity contribution in [2.75, 3.05) is 0 Å². The van der Waals surface area contributed by atoms with Gasteiger partial charge in [0.2, 0.25) is 0 Å². The second kappa shape index (κ2) is 17.4. The summed E-state index contributed by atoms with van der Waals surface area (Å²) in [6, 6.07) is 0. The Morgan fingerprint density at radius 1 is 1.00 bits per heavy atom. The van der Waals surface area contributed by atoms with Gasteiger partial charge in [0.25, 0.3) is 0 Å². The molecule has 0 saturated heterocycles. The molecule has 0 nitrogen and oxygen atoms in total. The van der Waals surface area contributed by atoms with E-state index in [4.69, 9.17) is 0 Å². The zero-order valence-electron chi connectivity index (χ0n) is 1.74. The van der Waals surface area contributed by atoms with Gasteiger partial charge in [-0.2, -0.15) is 0 Å². The molecule has 0 aromatic rings. The van der Waals surface area contributed by atoms with E-state index >= 15 is 0 Å². The normalized spacial score (nSPS) is 0. The third kappa shape index (κ3) is 8.82. The summed E-state index contributed by atoms with van der Waals surface area (Å²) in [5.74, 6) is 0. The summed E-state index contributed by atoms with van der Waals surface area (Å²) < 4.78 is 0. The molecule has 0 aliphatic heterocycles. The van der Waals surface area contributed by atoms with E-state index < -0.39 is 0 Å². The molecule has 0 amide bonds. The third-order valence-electron chi connectivity index (χ3n) is 0. The maximum atomic E-state index is 0. The van der Waals surface area contributed by atoms with Crippen LogP contribution in [0.4, 0.5) is 0 Å². The minimum absolute atomic E-state index is 0. The van der Waals surface area contributed by atoms with Crippen LogP contribution >= 0.6 is 0 Å². The molecule has 23 valence electrons. The molecule has 0 unspecified atom stereocenters. The largest absolute Gasteiger partial charge is 0 e. The minimum Gasteiger partial charge on any atom is 0 e. The Morgan fingerprint density at radius 3 is 1.00 bits per heavy atom. The molecule has 0 saturated carbocycles. The Balaban J connectivity index is 0. The van der Waals surface area contributed by atoms with Crippen LogP contribution in [-0.2, 0) is 82.1 Å². The predicted octanol–water partition coefficient (Wildman–Crippen LogP) is -0.0100. The fraction of sp³-hybridized carbons (Fsp3) is 0. The Bertz CT molecular complexity index is 8.00. The van der Waals surface area contributed by atoms with Gasteiger partial charge in [-0.25, -0.2) is 0 Å². The van der Waals surface area contributed by atoms with E-state index in [0.717, 1.165) is 0 Å². The van der Waals surface area contributed by atoms with Crippen LogP contribution in [0.1, 0.15) is 0 Å². The third-order valence-corrected chi connectivity index (χ3v) is 0. The summed E-state index contributed by atoms with van der Waals surface area (Å²) in [6.07, 6.45) is 0. The molecular weight excluding hydrogens is 250 g/mol. The van der Waals surface area contributed by atoms with Crippen molar-refractivity contribution in [1.29, 1.82) is 0 Å². The van der Waals surface area contributed by atoms with Crippen molar-refractivity contribution in [1.82, 2.24) is 0 Å². The van der Waals surface area contributed by atoms with Crippen LogP contribution < -0.4 is 0 Å². The van der Waals surface area contributed by atoms with E-state index in [1.54, 1.807) is 0 Å². The van der Waals surface area contributed by atoms with E-state index in [0.29, 0.717) is 0 Å². The molecule has 0 rings (SSSR count). The van der Waals surface area contributed by atoms with E-state index in [2.05, 4.69) is 0 Å². The summed E-state index contributed by atoms with van der Waals surface area (Å²) in [4.78, 5) is 0. The van der Waals surface area contributed by atoms with Crippen molar-refractivity contribution in [3.63, 3.8) is 0 Å². The van der Waals surface area contributed by atoms with Crippen LogP contribution in [0.25, 0.3) is 0 Å². The Morgan fingerprint density at radius 2 is 1.00 bits per heavy atom. The molecule has 0 aromatic carbocycles. The summed E-state index contributed by atoms with van der Waals surface area (Å²) in [6.45, 7) is 0. The zero-order chi connectivity index (χ0) is 0. The number of hydrogen-bond acceptors (Lipinski definition) is 0.